The molecule has 3 aromatic rings. The van der Waals surface area contributed by atoms with Crippen LogP contribution in [0.25, 0.3) is 5.69 Å². The molecule has 0 spiro atoms. The fourth-order valence-corrected chi connectivity index (χ4v) is 3.11. The van der Waals surface area contributed by atoms with Gasteiger partial charge in [0.25, 0.3) is 0 Å². The SMILES string of the molecule is Nc1cccc(N2CCN(Cc3cn(-c4ccccc4F)nn3)CC2)n1. The molecule has 2 N–H and O–H groups in total. The molecule has 1 fully saturated rings. The third-order valence-electron chi connectivity index (χ3n) is 4.48. The molecule has 3 heterocycles. The van der Waals surface area contributed by atoms with E-state index in [0.29, 0.717) is 18.1 Å². The van der Waals surface area contributed by atoms with Gasteiger partial charge >= 0.3 is 0 Å². The topological polar surface area (TPSA) is 76.1 Å². The number of halogens is 1. The zero-order chi connectivity index (χ0) is 17.9. The van der Waals surface area contributed by atoms with Crippen LogP contribution < -0.4 is 10.6 Å². The molecule has 1 aliphatic rings. The van der Waals surface area contributed by atoms with E-state index in [1.165, 1.54) is 10.7 Å². The normalized spacial score (nSPS) is 15.3. The highest BCUT2D eigenvalue weighted by atomic mass is 19.1. The number of aromatic nitrogens is 4. The summed E-state index contributed by atoms with van der Waals surface area (Å²) in [4.78, 5) is 8.90. The zero-order valence-electron chi connectivity index (χ0n) is 14.3. The number of para-hydroxylation sites is 1. The molecule has 1 aliphatic heterocycles. The van der Waals surface area contributed by atoms with E-state index in [4.69, 9.17) is 5.73 Å². The van der Waals surface area contributed by atoms with Crippen LogP contribution in [-0.4, -0.2) is 51.1 Å². The molecule has 1 saturated heterocycles. The predicted molar refractivity (Wildman–Crippen MR) is 97.5 cm³/mol. The van der Waals surface area contributed by atoms with E-state index in [1.807, 2.05) is 12.1 Å². The molecule has 0 aliphatic carbocycles. The second-order valence-corrected chi connectivity index (χ2v) is 6.29. The summed E-state index contributed by atoms with van der Waals surface area (Å²) >= 11 is 0. The first-order chi connectivity index (χ1) is 12.7. The van der Waals surface area contributed by atoms with Gasteiger partial charge in [0, 0.05) is 32.7 Å². The molecule has 1 aromatic carbocycles. The van der Waals surface area contributed by atoms with Crippen molar-refractivity contribution in [3.05, 3.63) is 60.2 Å². The number of nitrogens with zero attached hydrogens (tertiary/aromatic N) is 6. The van der Waals surface area contributed by atoms with Crippen LogP contribution in [0.3, 0.4) is 0 Å². The van der Waals surface area contributed by atoms with Gasteiger partial charge < -0.3 is 10.6 Å². The average Bonchev–Trinajstić information content (AvgIpc) is 3.11. The molecule has 7 nitrogen and oxygen atoms in total. The van der Waals surface area contributed by atoms with Gasteiger partial charge in [0.05, 0.1) is 11.9 Å². The Morgan fingerprint density at radius 3 is 2.58 bits per heavy atom. The summed E-state index contributed by atoms with van der Waals surface area (Å²) in [5, 5.41) is 8.23. The monoisotopic (exact) mass is 353 g/mol. The Morgan fingerprint density at radius 1 is 1.00 bits per heavy atom. The Hall–Kier alpha value is -3.00. The highest BCUT2D eigenvalue weighted by Gasteiger charge is 2.19. The third-order valence-corrected chi connectivity index (χ3v) is 4.48. The number of hydrogen-bond acceptors (Lipinski definition) is 6. The first-order valence-corrected chi connectivity index (χ1v) is 8.55. The second kappa shape index (κ2) is 7.09. The van der Waals surface area contributed by atoms with Crippen molar-refractivity contribution < 1.29 is 4.39 Å². The number of benzene rings is 1. The van der Waals surface area contributed by atoms with Crippen LogP contribution in [0.15, 0.2) is 48.7 Å². The van der Waals surface area contributed by atoms with Gasteiger partial charge in [0.1, 0.15) is 23.1 Å². The van der Waals surface area contributed by atoms with E-state index in [-0.39, 0.29) is 5.82 Å². The van der Waals surface area contributed by atoms with E-state index in [1.54, 1.807) is 30.5 Å². The molecule has 134 valence electrons. The number of hydrogen-bond donors (Lipinski definition) is 1. The highest BCUT2D eigenvalue weighted by molar-refractivity contribution is 5.45. The number of piperazine rings is 1. The molecule has 0 amide bonds. The van der Waals surface area contributed by atoms with Gasteiger partial charge in [0.15, 0.2) is 0 Å². The van der Waals surface area contributed by atoms with Gasteiger partial charge in [-0.3, -0.25) is 4.90 Å². The van der Waals surface area contributed by atoms with Crippen molar-refractivity contribution in [3.63, 3.8) is 0 Å². The number of nitrogens with two attached hydrogens (primary N) is 1. The van der Waals surface area contributed by atoms with Gasteiger partial charge in [-0.2, -0.15) is 0 Å². The molecule has 0 radical (unpaired) electrons. The number of pyridine rings is 1. The summed E-state index contributed by atoms with van der Waals surface area (Å²) in [5.41, 5.74) is 6.99. The molecular weight excluding hydrogens is 333 g/mol. The van der Waals surface area contributed by atoms with Gasteiger partial charge in [-0.25, -0.2) is 14.1 Å². The molecule has 2 aromatic heterocycles. The number of nitrogen functional groups attached to an aromatic ring is 1. The van der Waals surface area contributed by atoms with E-state index in [2.05, 4.69) is 25.1 Å². The minimum absolute atomic E-state index is 0.313. The zero-order valence-corrected chi connectivity index (χ0v) is 14.3. The Kier molecular flexibility index (Phi) is 4.49. The third kappa shape index (κ3) is 3.50. The van der Waals surface area contributed by atoms with Crippen LogP contribution in [0, 0.1) is 5.82 Å². The summed E-state index contributed by atoms with van der Waals surface area (Å²) in [6.07, 6.45) is 1.78. The minimum Gasteiger partial charge on any atom is -0.384 e. The smallest absolute Gasteiger partial charge is 0.148 e. The van der Waals surface area contributed by atoms with Crippen molar-refractivity contribution in [2.24, 2.45) is 0 Å². The summed E-state index contributed by atoms with van der Waals surface area (Å²) in [5.74, 6) is 1.14. The van der Waals surface area contributed by atoms with Crippen molar-refractivity contribution in [1.29, 1.82) is 0 Å². The fourth-order valence-electron chi connectivity index (χ4n) is 3.11. The van der Waals surface area contributed by atoms with Crippen molar-refractivity contribution in [3.8, 4) is 5.69 Å². The summed E-state index contributed by atoms with van der Waals surface area (Å²) in [6.45, 7) is 4.22. The van der Waals surface area contributed by atoms with Crippen LogP contribution in [0.1, 0.15) is 5.69 Å². The van der Waals surface area contributed by atoms with Crippen molar-refractivity contribution in [2.45, 2.75) is 6.54 Å². The van der Waals surface area contributed by atoms with Crippen LogP contribution in [0.5, 0.6) is 0 Å². The van der Waals surface area contributed by atoms with Crippen molar-refractivity contribution >= 4 is 11.6 Å². The number of rotatable bonds is 4. The molecule has 8 heteroatoms. The quantitative estimate of drug-likeness (QED) is 0.769. The van der Waals surface area contributed by atoms with Crippen LogP contribution in [0.4, 0.5) is 16.0 Å². The molecule has 0 bridgehead atoms. The Balaban J connectivity index is 1.37. The minimum atomic E-state index is -0.313. The Labute approximate surface area is 150 Å². The maximum atomic E-state index is 13.9. The molecule has 26 heavy (non-hydrogen) atoms. The van der Waals surface area contributed by atoms with E-state index in [9.17, 15) is 4.39 Å². The van der Waals surface area contributed by atoms with Crippen LogP contribution in [0.2, 0.25) is 0 Å². The average molecular weight is 353 g/mol. The van der Waals surface area contributed by atoms with Crippen molar-refractivity contribution in [2.75, 3.05) is 36.8 Å². The van der Waals surface area contributed by atoms with E-state index < -0.39 is 0 Å². The molecule has 4 rings (SSSR count). The van der Waals surface area contributed by atoms with Gasteiger partial charge in [-0.15, -0.1) is 5.10 Å². The highest BCUT2D eigenvalue weighted by Crippen LogP contribution is 2.16. The standard InChI is InChI=1S/C18H20FN7/c19-15-4-1-2-5-16(15)26-13-14(22-23-26)12-24-8-10-25(11-9-24)18-7-3-6-17(20)21-18/h1-7,13H,8-12H2,(H2,20,21). The lowest BCUT2D eigenvalue weighted by molar-refractivity contribution is 0.246. The second-order valence-electron chi connectivity index (χ2n) is 6.29. The summed E-state index contributed by atoms with van der Waals surface area (Å²) in [6, 6.07) is 12.2. The first-order valence-electron chi connectivity index (χ1n) is 8.55. The lowest BCUT2D eigenvalue weighted by Crippen LogP contribution is -2.46. The van der Waals surface area contributed by atoms with Crippen LogP contribution in [-0.2, 0) is 6.54 Å². The fraction of sp³-hybridized carbons (Fsp3) is 0.278. The molecule has 0 saturated carbocycles. The largest absolute Gasteiger partial charge is 0.384 e. The Bertz CT molecular complexity index is 887. The molecule has 0 atom stereocenters. The number of anilines is 2. The molecule has 0 unspecified atom stereocenters. The van der Waals surface area contributed by atoms with Gasteiger partial charge in [0.2, 0.25) is 0 Å². The maximum Gasteiger partial charge on any atom is 0.148 e. The Morgan fingerprint density at radius 2 is 1.81 bits per heavy atom. The van der Waals surface area contributed by atoms with Gasteiger partial charge in [-0.1, -0.05) is 23.4 Å². The first kappa shape index (κ1) is 16.5. The summed E-state index contributed by atoms with van der Waals surface area (Å²) in [7, 11) is 0. The van der Waals surface area contributed by atoms with E-state index >= 15 is 0 Å². The lowest BCUT2D eigenvalue weighted by Gasteiger charge is -2.35. The van der Waals surface area contributed by atoms with E-state index in [0.717, 1.165) is 37.7 Å². The molecular formula is C18H20FN7. The van der Waals surface area contributed by atoms with Crippen LogP contribution >= 0.6 is 0 Å². The predicted octanol–water partition coefficient (Wildman–Crippen LogP) is 1.71. The lowest BCUT2D eigenvalue weighted by atomic mass is 10.3. The van der Waals surface area contributed by atoms with Crippen molar-refractivity contribution in [1.82, 2.24) is 24.9 Å². The maximum absolute atomic E-state index is 13.9. The summed E-state index contributed by atoms with van der Waals surface area (Å²) < 4.78 is 15.3. The van der Waals surface area contributed by atoms with Gasteiger partial charge in [-0.05, 0) is 24.3 Å².